The second-order valence-corrected chi connectivity index (χ2v) is 5.94. The standard InChI is InChI=1S/C15H13FN2O5/c16-9-3-6(18-4-10(13(17)19)23-15(18)21)1-2-7(9)11-8-5-22-14(20)12(8)11/h1-3,8,10-12H,4-5H2,(H2,17,19)/t8?,10-,11?,12?/m1/s1. The van der Waals surface area contributed by atoms with Crippen LogP contribution in [0, 0.1) is 17.7 Å². The van der Waals surface area contributed by atoms with Crippen LogP contribution in [0.5, 0.6) is 0 Å². The second kappa shape index (κ2) is 4.68. The number of amides is 2. The van der Waals surface area contributed by atoms with Crippen molar-refractivity contribution >= 4 is 23.7 Å². The summed E-state index contributed by atoms with van der Waals surface area (Å²) >= 11 is 0. The van der Waals surface area contributed by atoms with E-state index in [1.54, 1.807) is 12.1 Å². The molecule has 3 aliphatic rings. The minimum Gasteiger partial charge on any atom is -0.465 e. The lowest BCUT2D eigenvalue weighted by Gasteiger charge is -2.14. The van der Waals surface area contributed by atoms with Gasteiger partial charge in [0.05, 0.1) is 24.8 Å². The zero-order valence-corrected chi connectivity index (χ0v) is 11.9. The first-order valence-electron chi connectivity index (χ1n) is 7.21. The minimum absolute atomic E-state index is 0.0406. The Balaban J connectivity index is 1.56. The molecule has 4 rings (SSSR count). The van der Waals surface area contributed by atoms with Gasteiger partial charge >= 0.3 is 12.1 Å². The van der Waals surface area contributed by atoms with Crippen molar-refractivity contribution in [3.8, 4) is 0 Å². The fraction of sp³-hybridized carbons (Fsp3) is 0.400. The van der Waals surface area contributed by atoms with Crippen molar-refractivity contribution in [1.82, 2.24) is 0 Å². The largest absolute Gasteiger partial charge is 0.465 e. The summed E-state index contributed by atoms with van der Waals surface area (Å²) in [5.41, 5.74) is 5.84. The Bertz CT molecular complexity index is 737. The van der Waals surface area contributed by atoms with E-state index in [2.05, 4.69) is 0 Å². The Hall–Kier alpha value is -2.64. The van der Waals surface area contributed by atoms with E-state index in [4.69, 9.17) is 15.2 Å². The first-order chi connectivity index (χ1) is 11.0. The molecule has 23 heavy (non-hydrogen) atoms. The summed E-state index contributed by atoms with van der Waals surface area (Å²) in [4.78, 5) is 35.5. The Kier molecular flexibility index (Phi) is 2.84. The fourth-order valence-corrected chi connectivity index (χ4v) is 3.38. The van der Waals surface area contributed by atoms with Crippen LogP contribution in [0.1, 0.15) is 11.5 Å². The molecule has 1 saturated carbocycles. The molecule has 2 heterocycles. The number of nitrogens with two attached hydrogens (primary N) is 1. The van der Waals surface area contributed by atoms with Gasteiger partial charge in [-0.2, -0.15) is 0 Å². The molecular formula is C15H13FN2O5. The zero-order valence-electron chi connectivity index (χ0n) is 11.9. The molecule has 3 fully saturated rings. The van der Waals surface area contributed by atoms with Crippen molar-refractivity contribution in [3.05, 3.63) is 29.6 Å². The number of nitrogens with zero attached hydrogens (tertiary/aromatic N) is 1. The molecule has 7 nitrogen and oxygen atoms in total. The maximum atomic E-state index is 14.4. The molecule has 3 unspecified atom stereocenters. The van der Waals surface area contributed by atoms with E-state index >= 15 is 0 Å². The molecule has 2 aliphatic heterocycles. The number of halogens is 1. The predicted molar refractivity (Wildman–Crippen MR) is 73.9 cm³/mol. The van der Waals surface area contributed by atoms with Gasteiger partial charge in [0.2, 0.25) is 0 Å². The fourth-order valence-electron chi connectivity index (χ4n) is 3.38. The maximum absolute atomic E-state index is 14.4. The van der Waals surface area contributed by atoms with Gasteiger partial charge in [0.1, 0.15) is 5.82 Å². The van der Waals surface area contributed by atoms with Crippen molar-refractivity contribution in [3.63, 3.8) is 0 Å². The lowest BCUT2D eigenvalue weighted by Crippen LogP contribution is -2.32. The van der Waals surface area contributed by atoms with Crippen molar-refractivity contribution in [2.24, 2.45) is 17.6 Å². The van der Waals surface area contributed by atoms with Crippen molar-refractivity contribution in [2.45, 2.75) is 12.0 Å². The number of carbonyl (C=O) groups is 3. The van der Waals surface area contributed by atoms with Crippen LogP contribution < -0.4 is 10.6 Å². The molecule has 2 amide bonds. The molecule has 0 radical (unpaired) electrons. The number of hydrogen-bond donors (Lipinski definition) is 1. The SMILES string of the molecule is NC(=O)[C@H]1CN(c2ccc(C3C4COC(=O)C43)c(F)c2)C(=O)O1. The number of esters is 1. The van der Waals surface area contributed by atoms with E-state index in [9.17, 15) is 18.8 Å². The van der Waals surface area contributed by atoms with Crippen LogP contribution in [0.4, 0.5) is 14.9 Å². The van der Waals surface area contributed by atoms with E-state index in [0.29, 0.717) is 12.2 Å². The number of hydrogen-bond acceptors (Lipinski definition) is 5. The van der Waals surface area contributed by atoms with Gasteiger partial charge in [-0.05, 0) is 17.7 Å². The third-order valence-electron chi connectivity index (χ3n) is 4.64. The van der Waals surface area contributed by atoms with E-state index < -0.39 is 23.9 Å². The van der Waals surface area contributed by atoms with Gasteiger partial charge in [0.25, 0.3) is 5.91 Å². The third kappa shape index (κ3) is 2.05. The van der Waals surface area contributed by atoms with Crippen molar-refractivity contribution in [1.29, 1.82) is 0 Å². The summed E-state index contributed by atoms with van der Waals surface area (Å²) in [6.07, 6.45) is -1.78. The first-order valence-corrected chi connectivity index (χ1v) is 7.21. The van der Waals surface area contributed by atoms with Crippen molar-refractivity contribution < 1.29 is 28.2 Å². The summed E-state index contributed by atoms with van der Waals surface area (Å²) in [5, 5.41) is 0. The summed E-state index contributed by atoms with van der Waals surface area (Å²) in [6, 6.07) is 4.34. The molecule has 2 saturated heterocycles. The zero-order chi connectivity index (χ0) is 16.3. The van der Waals surface area contributed by atoms with Crippen LogP contribution in [-0.2, 0) is 19.1 Å². The van der Waals surface area contributed by atoms with E-state index in [1.807, 2.05) is 0 Å². The molecule has 0 spiro atoms. The number of primary amides is 1. The highest BCUT2D eigenvalue weighted by molar-refractivity contribution is 5.95. The Labute approximate surface area is 130 Å². The average molecular weight is 320 g/mol. The maximum Gasteiger partial charge on any atom is 0.415 e. The molecule has 1 aromatic rings. The van der Waals surface area contributed by atoms with Gasteiger partial charge in [-0.3, -0.25) is 14.5 Å². The van der Waals surface area contributed by atoms with Crippen LogP contribution >= 0.6 is 0 Å². The highest BCUT2D eigenvalue weighted by Crippen LogP contribution is 2.58. The Morgan fingerprint density at radius 1 is 1.30 bits per heavy atom. The quantitative estimate of drug-likeness (QED) is 0.819. The molecule has 120 valence electrons. The van der Waals surface area contributed by atoms with E-state index in [1.165, 1.54) is 6.07 Å². The Morgan fingerprint density at radius 2 is 2.09 bits per heavy atom. The van der Waals surface area contributed by atoms with Crippen LogP contribution in [-0.4, -0.2) is 37.2 Å². The molecule has 1 aromatic carbocycles. The molecule has 1 aliphatic carbocycles. The van der Waals surface area contributed by atoms with Gasteiger partial charge in [-0.1, -0.05) is 6.07 Å². The van der Waals surface area contributed by atoms with E-state index in [-0.39, 0.29) is 36.0 Å². The molecule has 8 heteroatoms. The van der Waals surface area contributed by atoms with Crippen LogP contribution in [0.3, 0.4) is 0 Å². The number of benzene rings is 1. The van der Waals surface area contributed by atoms with Gasteiger partial charge in [0.15, 0.2) is 6.10 Å². The van der Waals surface area contributed by atoms with Gasteiger partial charge in [-0.25, -0.2) is 9.18 Å². The lowest BCUT2D eigenvalue weighted by molar-refractivity contribution is -0.141. The minimum atomic E-state index is -1.04. The second-order valence-electron chi connectivity index (χ2n) is 5.94. The summed E-state index contributed by atoms with van der Waals surface area (Å²) in [7, 11) is 0. The highest BCUT2D eigenvalue weighted by Gasteiger charge is 2.61. The van der Waals surface area contributed by atoms with Gasteiger partial charge < -0.3 is 15.2 Å². The topological polar surface area (TPSA) is 98.9 Å². The molecule has 2 N–H and O–H groups in total. The highest BCUT2D eigenvalue weighted by atomic mass is 19.1. The number of cyclic esters (lactones) is 2. The summed E-state index contributed by atoms with van der Waals surface area (Å²) in [6.45, 7) is 0.280. The Morgan fingerprint density at radius 3 is 2.65 bits per heavy atom. The van der Waals surface area contributed by atoms with Gasteiger partial charge in [0, 0.05) is 11.8 Å². The van der Waals surface area contributed by atoms with Crippen LogP contribution in [0.2, 0.25) is 0 Å². The predicted octanol–water partition coefficient (Wildman–Crippen LogP) is 0.523. The number of rotatable bonds is 3. The average Bonchev–Trinajstić information content (AvgIpc) is 2.87. The molecular weight excluding hydrogens is 307 g/mol. The number of fused-ring (bicyclic) bond motifs is 1. The molecule has 0 bridgehead atoms. The van der Waals surface area contributed by atoms with Crippen LogP contribution in [0.15, 0.2) is 18.2 Å². The molecule has 0 aromatic heterocycles. The number of ether oxygens (including phenoxy) is 2. The third-order valence-corrected chi connectivity index (χ3v) is 4.64. The smallest absolute Gasteiger partial charge is 0.415 e. The van der Waals surface area contributed by atoms with Crippen LogP contribution in [0.25, 0.3) is 0 Å². The van der Waals surface area contributed by atoms with Crippen molar-refractivity contribution in [2.75, 3.05) is 18.1 Å². The normalized spacial score (nSPS) is 31.6. The number of anilines is 1. The summed E-state index contributed by atoms with van der Waals surface area (Å²) < 4.78 is 24.1. The first kappa shape index (κ1) is 14.0. The summed E-state index contributed by atoms with van der Waals surface area (Å²) in [5.74, 6) is -1.90. The van der Waals surface area contributed by atoms with Gasteiger partial charge in [-0.15, -0.1) is 0 Å². The molecule has 4 atom stereocenters. The number of carbonyl (C=O) groups excluding carboxylic acids is 3. The monoisotopic (exact) mass is 320 g/mol. The lowest BCUT2D eigenvalue weighted by atomic mass is 10.1. The van der Waals surface area contributed by atoms with E-state index in [0.717, 1.165) is 4.90 Å².